The van der Waals surface area contributed by atoms with Crippen molar-refractivity contribution in [3.05, 3.63) is 46.7 Å². The van der Waals surface area contributed by atoms with Crippen LogP contribution < -0.4 is 5.32 Å². The quantitative estimate of drug-likeness (QED) is 0.354. The first kappa shape index (κ1) is 21.4. The second-order valence-electron chi connectivity index (χ2n) is 6.76. The zero-order valence-electron chi connectivity index (χ0n) is 16.7. The summed E-state index contributed by atoms with van der Waals surface area (Å²) in [7, 11) is 0. The van der Waals surface area contributed by atoms with Gasteiger partial charge in [0, 0.05) is 36.5 Å². The van der Waals surface area contributed by atoms with E-state index in [2.05, 4.69) is 64.7 Å². The molecule has 0 saturated carbocycles. The number of amides is 1. The number of carbonyl (C=O) groups is 1. The number of hydrogen-bond donors (Lipinski definition) is 1. The molecule has 1 aromatic heterocycles. The molecule has 0 fully saturated rings. The fourth-order valence-electron chi connectivity index (χ4n) is 2.46. The first-order valence-electron chi connectivity index (χ1n) is 9.00. The van der Waals surface area contributed by atoms with Crippen LogP contribution >= 0.6 is 11.6 Å². The van der Waals surface area contributed by atoms with Crippen LogP contribution in [0.2, 0.25) is 5.15 Å². The van der Waals surface area contributed by atoms with Crippen molar-refractivity contribution >= 4 is 35.5 Å². The highest BCUT2D eigenvalue weighted by Crippen LogP contribution is 2.15. The molecule has 6 nitrogen and oxygen atoms in total. The van der Waals surface area contributed by atoms with Crippen LogP contribution in [0.15, 0.2) is 35.5 Å². The summed E-state index contributed by atoms with van der Waals surface area (Å²) < 4.78 is 0. The van der Waals surface area contributed by atoms with E-state index < -0.39 is 0 Å². The van der Waals surface area contributed by atoms with Gasteiger partial charge in [0.25, 0.3) is 5.95 Å². The highest BCUT2D eigenvalue weighted by atomic mass is 35.5. The van der Waals surface area contributed by atoms with Gasteiger partial charge < -0.3 is 10.2 Å². The van der Waals surface area contributed by atoms with Gasteiger partial charge in [-0.3, -0.25) is 4.79 Å². The van der Waals surface area contributed by atoms with Gasteiger partial charge >= 0.3 is 0 Å². The molecular weight excluding hydrogens is 374 g/mol. The van der Waals surface area contributed by atoms with E-state index in [4.69, 9.17) is 11.6 Å². The summed E-state index contributed by atoms with van der Waals surface area (Å²) in [5.74, 6) is 6.15. The average Bonchev–Trinajstić information content (AvgIpc) is 2.61. The van der Waals surface area contributed by atoms with E-state index >= 15 is 0 Å². The van der Waals surface area contributed by atoms with Crippen molar-refractivity contribution in [2.75, 3.05) is 5.32 Å². The summed E-state index contributed by atoms with van der Waals surface area (Å²) in [4.78, 5) is 25.9. The van der Waals surface area contributed by atoms with Crippen LogP contribution in [0.3, 0.4) is 0 Å². The van der Waals surface area contributed by atoms with Gasteiger partial charge in [-0.05, 0) is 52.0 Å². The fourth-order valence-corrected chi connectivity index (χ4v) is 2.63. The first-order chi connectivity index (χ1) is 13.3. The van der Waals surface area contributed by atoms with Crippen molar-refractivity contribution in [1.82, 2.24) is 14.9 Å². The molecule has 0 spiro atoms. The largest absolute Gasteiger partial charge is 0.358 e. The molecule has 1 amide bonds. The van der Waals surface area contributed by atoms with Gasteiger partial charge in [0.15, 0.2) is 0 Å². The highest BCUT2D eigenvalue weighted by molar-refractivity contribution is 6.30. The Morgan fingerprint density at radius 3 is 2.36 bits per heavy atom. The summed E-state index contributed by atoms with van der Waals surface area (Å²) in [5.41, 5.74) is 2.03. The van der Waals surface area contributed by atoms with Crippen molar-refractivity contribution in [2.24, 2.45) is 4.99 Å². The maximum atomic E-state index is 11.0. The van der Waals surface area contributed by atoms with Gasteiger partial charge in [0.05, 0.1) is 11.9 Å². The number of carbonyl (C=O) groups excluding carboxylic acids is 1. The normalized spacial score (nSPS) is 10.9. The standard InChI is InChI=1S/C21H24ClN5O/c1-14(2)27(15(3)4)13-24-21-23-12-18(20(22)26-21)9-6-17-7-10-19(11-8-17)25-16(5)28/h7-8,10-15H,1-5H3,(H,25,28)/b24-13+. The number of anilines is 1. The maximum absolute atomic E-state index is 11.0. The SMILES string of the molecule is CC(=O)Nc1ccc(C#Cc2cnc(/N=C/N(C(C)C)C(C)C)nc2Cl)cc1. The van der Waals surface area contributed by atoms with Crippen LogP contribution in [-0.2, 0) is 4.79 Å². The maximum Gasteiger partial charge on any atom is 0.252 e. The van der Waals surface area contributed by atoms with Gasteiger partial charge in [-0.2, -0.15) is 4.98 Å². The number of aliphatic imine (C=N–C) groups is 1. The van der Waals surface area contributed by atoms with Crippen molar-refractivity contribution in [3.63, 3.8) is 0 Å². The number of hydrogen-bond acceptors (Lipinski definition) is 4. The molecule has 28 heavy (non-hydrogen) atoms. The Kier molecular flexibility index (Phi) is 7.53. The van der Waals surface area contributed by atoms with E-state index in [1.54, 1.807) is 24.7 Å². The molecule has 0 bridgehead atoms. The Labute approximate surface area is 171 Å². The summed E-state index contributed by atoms with van der Waals surface area (Å²) in [6.07, 6.45) is 3.30. The fraction of sp³-hybridized carbons (Fsp3) is 0.333. The molecule has 0 aliphatic rings. The smallest absolute Gasteiger partial charge is 0.252 e. The lowest BCUT2D eigenvalue weighted by Crippen LogP contribution is -2.35. The number of rotatable bonds is 5. The molecule has 0 unspecified atom stereocenters. The second kappa shape index (κ2) is 9.86. The molecule has 1 aromatic carbocycles. The number of nitrogens with zero attached hydrogens (tertiary/aromatic N) is 4. The topological polar surface area (TPSA) is 70.5 Å². The molecule has 1 heterocycles. The summed E-state index contributed by atoms with van der Waals surface area (Å²) >= 11 is 6.23. The number of halogens is 1. The minimum Gasteiger partial charge on any atom is -0.358 e. The Hall–Kier alpha value is -2.91. The Morgan fingerprint density at radius 2 is 1.82 bits per heavy atom. The molecule has 0 atom stereocenters. The minimum atomic E-state index is -0.115. The molecule has 0 aliphatic heterocycles. The van der Waals surface area contributed by atoms with Crippen molar-refractivity contribution in [3.8, 4) is 11.8 Å². The monoisotopic (exact) mass is 397 g/mol. The predicted octanol–water partition coefficient (Wildman–Crippen LogP) is 4.27. The molecule has 2 aromatic rings. The van der Waals surface area contributed by atoms with Crippen molar-refractivity contribution in [2.45, 2.75) is 46.7 Å². The van der Waals surface area contributed by atoms with Crippen LogP contribution in [0, 0.1) is 11.8 Å². The molecule has 2 rings (SSSR count). The van der Waals surface area contributed by atoms with Gasteiger partial charge in [0.2, 0.25) is 5.91 Å². The molecule has 0 aliphatic carbocycles. The Morgan fingerprint density at radius 1 is 1.18 bits per heavy atom. The Bertz CT molecular complexity index is 903. The second-order valence-corrected chi connectivity index (χ2v) is 7.12. The number of nitrogens with one attached hydrogen (secondary N) is 1. The van der Waals surface area contributed by atoms with Gasteiger partial charge in [0.1, 0.15) is 5.15 Å². The summed E-state index contributed by atoms with van der Waals surface area (Å²) in [6.45, 7) is 9.86. The lowest BCUT2D eigenvalue weighted by atomic mass is 10.2. The third-order valence-electron chi connectivity index (χ3n) is 3.78. The van der Waals surface area contributed by atoms with Crippen molar-refractivity contribution < 1.29 is 4.79 Å². The van der Waals surface area contributed by atoms with E-state index in [9.17, 15) is 4.79 Å². The number of benzene rings is 1. The third-order valence-corrected chi connectivity index (χ3v) is 4.06. The van der Waals surface area contributed by atoms with Crippen LogP contribution in [0.1, 0.15) is 45.7 Å². The van der Waals surface area contributed by atoms with E-state index in [0.717, 1.165) is 11.3 Å². The summed E-state index contributed by atoms with van der Waals surface area (Å²) in [6, 6.07) is 7.85. The Balaban J connectivity index is 2.13. The van der Waals surface area contributed by atoms with Crippen LogP contribution in [0.25, 0.3) is 0 Å². The van der Waals surface area contributed by atoms with E-state index in [1.807, 2.05) is 12.1 Å². The minimum absolute atomic E-state index is 0.115. The van der Waals surface area contributed by atoms with Crippen LogP contribution in [0.4, 0.5) is 11.6 Å². The van der Waals surface area contributed by atoms with Crippen molar-refractivity contribution in [1.29, 1.82) is 0 Å². The highest BCUT2D eigenvalue weighted by Gasteiger charge is 2.09. The predicted molar refractivity (Wildman–Crippen MR) is 114 cm³/mol. The van der Waals surface area contributed by atoms with Gasteiger partial charge in [-0.1, -0.05) is 23.4 Å². The average molecular weight is 398 g/mol. The molecule has 7 heteroatoms. The molecule has 0 radical (unpaired) electrons. The zero-order valence-corrected chi connectivity index (χ0v) is 17.4. The van der Waals surface area contributed by atoms with E-state index in [1.165, 1.54) is 6.92 Å². The van der Waals surface area contributed by atoms with E-state index in [-0.39, 0.29) is 11.1 Å². The lowest BCUT2D eigenvalue weighted by Gasteiger charge is -2.27. The molecule has 146 valence electrons. The molecule has 0 saturated heterocycles. The number of aromatic nitrogens is 2. The van der Waals surface area contributed by atoms with Gasteiger partial charge in [-0.25, -0.2) is 9.98 Å². The first-order valence-corrected chi connectivity index (χ1v) is 9.38. The lowest BCUT2D eigenvalue weighted by molar-refractivity contribution is -0.114. The molecule has 1 N–H and O–H groups in total. The van der Waals surface area contributed by atoms with Crippen LogP contribution in [-0.4, -0.2) is 39.2 Å². The zero-order chi connectivity index (χ0) is 20.7. The van der Waals surface area contributed by atoms with Gasteiger partial charge in [-0.15, -0.1) is 0 Å². The van der Waals surface area contributed by atoms with Crippen LogP contribution in [0.5, 0.6) is 0 Å². The summed E-state index contributed by atoms with van der Waals surface area (Å²) in [5, 5.41) is 2.96. The van der Waals surface area contributed by atoms with E-state index in [0.29, 0.717) is 23.6 Å². The molecular formula is C21H24ClN5O. The third kappa shape index (κ3) is 6.36.